The molecule has 122 valence electrons. The monoisotopic (exact) mass is 332 g/mol. The lowest BCUT2D eigenvalue weighted by Crippen LogP contribution is -2.20. The van der Waals surface area contributed by atoms with Crippen LogP contribution in [0.3, 0.4) is 0 Å². The molecule has 0 aliphatic rings. The Morgan fingerprint density at radius 3 is 2.22 bits per heavy atom. The number of nitrogens with one attached hydrogen (secondary N) is 1. The average molecular weight is 332 g/mol. The predicted molar refractivity (Wildman–Crippen MR) is 91.3 cm³/mol. The number of ether oxygens (including phenoxy) is 1. The van der Waals surface area contributed by atoms with E-state index >= 15 is 0 Å². The number of hydrogen-bond acceptors (Lipinski definition) is 4. The third kappa shape index (κ3) is 4.32. The lowest BCUT2D eigenvalue weighted by atomic mass is 10.1. The molecule has 0 amide bonds. The Hall–Kier alpha value is -2.34. The molecule has 6 heteroatoms. The van der Waals surface area contributed by atoms with Gasteiger partial charge in [0.15, 0.2) is 0 Å². The van der Waals surface area contributed by atoms with Crippen molar-refractivity contribution in [3.8, 4) is 5.75 Å². The number of hydrogen-bond donors (Lipinski definition) is 1. The van der Waals surface area contributed by atoms with Gasteiger partial charge in [0.2, 0.25) is 0 Å². The standard InChI is InChI=1S/C17H20N2O3S/c1-4-17(14-7-9-15(22-3)10-8-14)18-19-23(20,21)16-11-5-13(2)6-12-16/h5-12,19H,4H2,1-3H3/b18-17+. The van der Waals surface area contributed by atoms with Crippen LogP contribution in [0.2, 0.25) is 0 Å². The van der Waals surface area contributed by atoms with Crippen LogP contribution in [0.5, 0.6) is 5.75 Å². The molecule has 2 aromatic carbocycles. The molecule has 1 N–H and O–H groups in total. The normalized spacial score (nSPS) is 12.0. The Bertz CT molecular complexity index is 780. The van der Waals surface area contributed by atoms with Gasteiger partial charge < -0.3 is 4.74 Å². The largest absolute Gasteiger partial charge is 0.497 e. The Morgan fingerprint density at radius 1 is 1.09 bits per heavy atom. The van der Waals surface area contributed by atoms with Crippen molar-refractivity contribution in [2.75, 3.05) is 7.11 Å². The molecule has 0 fully saturated rings. The summed E-state index contributed by atoms with van der Waals surface area (Å²) in [6.07, 6.45) is 0.600. The van der Waals surface area contributed by atoms with Gasteiger partial charge in [-0.05, 0) is 55.3 Å². The molecule has 0 spiro atoms. The molecular formula is C17H20N2O3S. The second kappa shape index (κ2) is 7.28. The summed E-state index contributed by atoms with van der Waals surface area (Å²) in [7, 11) is -2.07. The van der Waals surface area contributed by atoms with Gasteiger partial charge >= 0.3 is 0 Å². The minimum atomic E-state index is -3.67. The molecule has 0 unspecified atom stereocenters. The minimum absolute atomic E-state index is 0.192. The topological polar surface area (TPSA) is 67.8 Å². The summed E-state index contributed by atoms with van der Waals surface area (Å²) in [5.41, 5.74) is 2.50. The van der Waals surface area contributed by atoms with Crippen LogP contribution in [0, 0.1) is 6.92 Å². The van der Waals surface area contributed by atoms with Gasteiger partial charge in [-0.15, -0.1) is 0 Å². The Morgan fingerprint density at radius 2 is 1.70 bits per heavy atom. The second-order valence-electron chi connectivity index (χ2n) is 5.05. The van der Waals surface area contributed by atoms with Gasteiger partial charge in [0, 0.05) is 0 Å². The third-order valence-corrected chi connectivity index (χ3v) is 4.61. The first kappa shape index (κ1) is 17.0. The van der Waals surface area contributed by atoms with Crippen LogP contribution in [0.15, 0.2) is 58.5 Å². The number of hydrazone groups is 1. The van der Waals surface area contributed by atoms with Gasteiger partial charge in [0.25, 0.3) is 10.0 Å². The molecule has 5 nitrogen and oxygen atoms in total. The number of benzene rings is 2. The molecule has 0 heterocycles. The summed E-state index contributed by atoms with van der Waals surface area (Å²) in [6.45, 7) is 3.82. The fourth-order valence-corrected chi connectivity index (χ4v) is 2.85. The zero-order chi connectivity index (χ0) is 16.9. The van der Waals surface area contributed by atoms with Gasteiger partial charge in [-0.25, -0.2) is 0 Å². The summed E-state index contributed by atoms with van der Waals surface area (Å²) >= 11 is 0. The number of aryl methyl sites for hydroxylation is 1. The SMILES string of the molecule is CC/C(=N\NS(=O)(=O)c1ccc(C)cc1)c1ccc(OC)cc1. The summed E-state index contributed by atoms with van der Waals surface area (Å²) in [5.74, 6) is 0.740. The Labute approximate surface area is 137 Å². The first-order chi connectivity index (χ1) is 11.0. The number of methoxy groups -OCH3 is 1. The van der Waals surface area contributed by atoms with Crippen molar-refractivity contribution in [1.82, 2.24) is 4.83 Å². The molecule has 0 radical (unpaired) electrons. The zero-order valence-corrected chi connectivity index (χ0v) is 14.2. The van der Waals surface area contributed by atoms with Gasteiger partial charge in [-0.2, -0.15) is 18.4 Å². The van der Waals surface area contributed by atoms with E-state index in [-0.39, 0.29) is 4.90 Å². The molecule has 2 rings (SSSR count). The Kier molecular flexibility index (Phi) is 5.39. The van der Waals surface area contributed by atoms with E-state index in [1.807, 2.05) is 38.1 Å². The highest BCUT2D eigenvalue weighted by atomic mass is 32.2. The maximum Gasteiger partial charge on any atom is 0.276 e. The molecule has 23 heavy (non-hydrogen) atoms. The van der Waals surface area contributed by atoms with E-state index in [1.54, 1.807) is 31.4 Å². The molecule has 0 bridgehead atoms. The van der Waals surface area contributed by atoms with E-state index in [4.69, 9.17) is 4.74 Å². The van der Waals surface area contributed by atoms with Gasteiger partial charge in [0.05, 0.1) is 17.7 Å². The van der Waals surface area contributed by atoms with E-state index < -0.39 is 10.0 Å². The summed E-state index contributed by atoms with van der Waals surface area (Å²) in [4.78, 5) is 2.49. The molecule has 0 aliphatic carbocycles. The van der Waals surface area contributed by atoms with Crippen molar-refractivity contribution in [3.63, 3.8) is 0 Å². The van der Waals surface area contributed by atoms with Crippen LogP contribution < -0.4 is 9.57 Å². The summed E-state index contributed by atoms with van der Waals surface area (Å²) in [6, 6.07) is 14.0. The maximum absolute atomic E-state index is 12.3. The van der Waals surface area contributed by atoms with Crippen LogP contribution in [0.25, 0.3) is 0 Å². The van der Waals surface area contributed by atoms with Crippen molar-refractivity contribution < 1.29 is 13.2 Å². The smallest absolute Gasteiger partial charge is 0.276 e. The minimum Gasteiger partial charge on any atom is -0.497 e. The van der Waals surface area contributed by atoms with E-state index in [0.717, 1.165) is 16.9 Å². The number of nitrogens with zero attached hydrogens (tertiary/aromatic N) is 1. The van der Waals surface area contributed by atoms with Crippen molar-refractivity contribution in [2.24, 2.45) is 5.10 Å². The molecule has 0 aliphatic heterocycles. The van der Waals surface area contributed by atoms with Crippen molar-refractivity contribution in [3.05, 3.63) is 59.7 Å². The van der Waals surface area contributed by atoms with Gasteiger partial charge in [-0.3, -0.25) is 0 Å². The molecule has 0 aromatic heterocycles. The van der Waals surface area contributed by atoms with Crippen LogP contribution in [0.4, 0.5) is 0 Å². The molecular weight excluding hydrogens is 312 g/mol. The van der Waals surface area contributed by atoms with Crippen LogP contribution in [0.1, 0.15) is 24.5 Å². The fourth-order valence-electron chi connectivity index (χ4n) is 2.02. The zero-order valence-electron chi connectivity index (χ0n) is 13.4. The van der Waals surface area contributed by atoms with E-state index in [0.29, 0.717) is 12.1 Å². The Balaban J connectivity index is 2.22. The molecule has 0 saturated heterocycles. The highest BCUT2D eigenvalue weighted by molar-refractivity contribution is 7.89. The highest BCUT2D eigenvalue weighted by Crippen LogP contribution is 2.14. The highest BCUT2D eigenvalue weighted by Gasteiger charge is 2.13. The van der Waals surface area contributed by atoms with Crippen LogP contribution >= 0.6 is 0 Å². The first-order valence-corrected chi connectivity index (χ1v) is 8.74. The predicted octanol–water partition coefficient (Wildman–Crippen LogP) is 3.10. The third-order valence-electron chi connectivity index (χ3n) is 3.39. The summed E-state index contributed by atoms with van der Waals surface area (Å²) in [5, 5.41) is 4.08. The van der Waals surface area contributed by atoms with Crippen LogP contribution in [-0.2, 0) is 10.0 Å². The summed E-state index contributed by atoms with van der Waals surface area (Å²) < 4.78 is 29.6. The van der Waals surface area contributed by atoms with Gasteiger partial charge in [-0.1, -0.05) is 24.6 Å². The second-order valence-corrected chi connectivity index (χ2v) is 6.71. The lowest BCUT2D eigenvalue weighted by molar-refractivity contribution is 0.415. The van der Waals surface area contributed by atoms with Crippen molar-refractivity contribution in [1.29, 1.82) is 0 Å². The van der Waals surface area contributed by atoms with E-state index in [2.05, 4.69) is 9.93 Å². The maximum atomic E-state index is 12.3. The van der Waals surface area contributed by atoms with E-state index in [9.17, 15) is 8.42 Å². The average Bonchev–Trinajstić information content (AvgIpc) is 2.56. The number of rotatable bonds is 6. The first-order valence-electron chi connectivity index (χ1n) is 7.25. The van der Waals surface area contributed by atoms with Gasteiger partial charge in [0.1, 0.15) is 5.75 Å². The quantitative estimate of drug-likeness (QED) is 0.653. The van der Waals surface area contributed by atoms with Crippen molar-refractivity contribution in [2.45, 2.75) is 25.2 Å². The number of sulfonamides is 1. The van der Waals surface area contributed by atoms with Crippen LogP contribution in [-0.4, -0.2) is 21.2 Å². The van der Waals surface area contributed by atoms with Crippen molar-refractivity contribution >= 4 is 15.7 Å². The molecule has 2 aromatic rings. The fraction of sp³-hybridized carbons (Fsp3) is 0.235. The lowest BCUT2D eigenvalue weighted by Gasteiger charge is -2.08. The molecule has 0 atom stereocenters. The van der Waals surface area contributed by atoms with E-state index in [1.165, 1.54) is 0 Å². The molecule has 0 saturated carbocycles.